The third-order valence-corrected chi connectivity index (χ3v) is 5.98. The average Bonchev–Trinajstić information content (AvgIpc) is 2.96. The summed E-state index contributed by atoms with van der Waals surface area (Å²) in [6.07, 6.45) is 0.862. The van der Waals surface area contributed by atoms with Crippen molar-refractivity contribution in [3.8, 4) is 0 Å². The lowest BCUT2D eigenvalue weighted by Gasteiger charge is -2.43. The SMILES string of the molecule is O=C(O)c1ccc(C(=O)N2CCSC3COCCC32)s1. The molecule has 2 aliphatic rings. The van der Waals surface area contributed by atoms with Gasteiger partial charge in [-0.3, -0.25) is 4.79 Å². The number of nitrogens with zero attached hydrogens (tertiary/aromatic N) is 1. The molecule has 108 valence electrons. The highest BCUT2D eigenvalue weighted by molar-refractivity contribution is 8.00. The van der Waals surface area contributed by atoms with Crippen molar-refractivity contribution in [2.75, 3.05) is 25.5 Å². The first kappa shape index (κ1) is 13.9. The van der Waals surface area contributed by atoms with Gasteiger partial charge in [-0.1, -0.05) is 0 Å². The Morgan fingerprint density at radius 1 is 1.35 bits per heavy atom. The van der Waals surface area contributed by atoms with Gasteiger partial charge in [0.1, 0.15) is 4.88 Å². The lowest BCUT2D eigenvalue weighted by Crippen LogP contribution is -2.54. The first-order valence-electron chi connectivity index (χ1n) is 6.50. The van der Waals surface area contributed by atoms with Gasteiger partial charge in [0, 0.05) is 30.2 Å². The molecular weight excluding hydrogens is 298 g/mol. The maximum atomic E-state index is 12.6. The zero-order chi connectivity index (χ0) is 14.1. The summed E-state index contributed by atoms with van der Waals surface area (Å²) < 4.78 is 5.47. The number of carboxylic acids is 1. The molecule has 0 bridgehead atoms. The van der Waals surface area contributed by atoms with Crippen LogP contribution in [0, 0.1) is 0 Å². The van der Waals surface area contributed by atoms with Crippen LogP contribution in [0.25, 0.3) is 0 Å². The standard InChI is InChI=1S/C13H15NO4S2/c15-12(9-1-2-10(20-9)13(16)17)14-4-6-19-11-7-18-5-3-8(11)14/h1-2,8,11H,3-7H2,(H,16,17). The molecule has 1 N–H and O–H groups in total. The Hall–Kier alpha value is -1.05. The number of ether oxygens (including phenoxy) is 1. The van der Waals surface area contributed by atoms with E-state index in [1.807, 2.05) is 16.7 Å². The van der Waals surface area contributed by atoms with Gasteiger partial charge in [0.25, 0.3) is 5.91 Å². The van der Waals surface area contributed by atoms with Crippen molar-refractivity contribution < 1.29 is 19.4 Å². The van der Waals surface area contributed by atoms with Gasteiger partial charge in [0.2, 0.25) is 0 Å². The summed E-state index contributed by atoms with van der Waals surface area (Å²) in [6.45, 7) is 2.12. The second-order valence-electron chi connectivity index (χ2n) is 4.81. The molecule has 3 rings (SSSR count). The molecule has 2 unspecified atom stereocenters. The van der Waals surface area contributed by atoms with Gasteiger partial charge in [-0.25, -0.2) is 4.79 Å². The van der Waals surface area contributed by atoms with Crippen LogP contribution in [0.4, 0.5) is 0 Å². The Bertz CT molecular complexity index is 528. The van der Waals surface area contributed by atoms with Crippen LogP contribution in [0.15, 0.2) is 12.1 Å². The minimum Gasteiger partial charge on any atom is -0.477 e. The maximum absolute atomic E-state index is 12.6. The van der Waals surface area contributed by atoms with Gasteiger partial charge >= 0.3 is 5.97 Å². The molecule has 20 heavy (non-hydrogen) atoms. The summed E-state index contributed by atoms with van der Waals surface area (Å²) in [5.41, 5.74) is 0. The fourth-order valence-corrected chi connectivity index (χ4v) is 4.75. The number of amides is 1. The van der Waals surface area contributed by atoms with Crippen molar-refractivity contribution >= 4 is 35.0 Å². The molecule has 2 saturated heterocycles. The Balaban J connectivity index is 1.79. The van der Waals surface area contributed by atoms with Gasteiger partial charge in [-0.15, -0.1) is 11.3 Å². The number of thiophene rings is 1. The van der Waals surface area contributed by atoms with Crippen molar-refractivity contribution in [1.82, 2.24) is 4.90 Å². The molecule has 5 nitrogen and oxygen atoms in total. The fraction of sp³-hybridized carbons (Fsp3) is 0.538. The summed E-state index contributed by atoms with van der Waals surface area (Å²) in [5.74, 6) is -0.111. The number of hydrogen-bond donors (Lipinski definition) is 1. The number of fused-ring (bicyclic) bond motifs is 1. The van der Waals surface area contributed by atoms with Crippen LogP contribution >= 0.6 is 23.1 Å². The predicted octanol–water partition coefficient (Wildman–Crippen LogP) is 1.79. The molecule has 0 aliphatic carbocycles. The minimum absolute atomic E-state index is 0.0419. The minimum atomic E-state index is -0.979. The number of aromatic carboxylic acids is 1. The topological polar surface area (TPSA) is 66.8 Å². The Labute approximate surface area is 124 Å². The number of carbonyl (C=O) groups excluding carboxylic acids is 1. The smallest absolute Gasteiger partial charge is 0.345 e. The van der Waals surface area contributed by atoms with E-state index in [-0.39, 0.29) is 16.8 Å². The quantitative estimate of drug-likeness (QED) is 0.902. The van der Waals surface area contributed by atoms with Gasteiger partial charge < -0.3 is 14.7 Å². The van der Waals surface area contributed by atoms with Crippen LogP contribution in [0.1, 0.15) is 25.8 Å². The van der Waals surface area contributed by atoms with E-state index in [0.717, 1.165) is 30.1 Å². The predicted molar refractivity (Wildman–Crippen MR) is 77.8 cm³/mol. The molecular formula is C13H15NO4S2. The average molecular weight is 313 g/mol. The maximum Gasteiger partial charge on any atom is 0.345 e. The second-order valence-corrected chi connectivity index (χ2v) is 7.24. The van der Waals surface area contributed by atoms with E-state index in [2.05, 4.69) is 0 Å². The van der Waals surface area contributed by atoms with Gasteiger partial charge in [0.05, 0.1) is 11.5 Å². The number of thioether (sulfide) groups is 1. The molecule has 0 aromatic carbocycles. The molecule has 7 heteroatoms. The fourth-order valence-electron chi connectivity index (χ4n) is 2.65. The van der Waals surface area contributed by atoms with Crippen molar-refractivity contribution in [3.05, 3.63) is 21.9 Å². The van der Waals surface area contributed by atoms with Gasteiger partial charge in [-0.05, 0) is 18.6 Å². The summed E-state index contributed by atoms with van der Waals surface area (Å²) in [5, 5.41) is 9.29. The molecule has 1 amide bonds. The van der Waals surface area contributed by atoms with E-state index in [9.17, 15) is 9.59 Å². The van der Waals surface area contributed by atoms with E-state index >= 15 is 0 Å². The molecule has 1 aromatic rings. The van der Waals surface area contributed by atoms with Crippen molar-refractivity contribution in [3.63, 3.8) is 0 Å². The largest absolute Gasteiger partial charge is 0.477 e. The second kappa shape index (κ2) is 5.75. The molecule has 1 aromatic heterocycles. The van der Waals surface area contributed by atoms with Crippen LogP contribution in [0.2, 0.25) is 0 Å². The third kappa shape index (κ3) is 2.57. The van der Waals surface area contributed by atoms with Gasteiger partial charge in [0.15, 0.2) is 0 Å². The molecule has 3 heterocycles. The highest BCUT2D eigenvalue weighted by Gasteiger charge is 2.37. The van der Waals surface area contributed by atoms with Crippen molar-refractivity contribution in [2.24, 2.45) is 0 Å². The number of rotatable bonds is 2. The highest BCUT2D eigenvalue weighted by Crippen LogP contribution is 2.32. The van der Waals surface area contributed by atoms with Crippen LogP contribution in [-0.4, -0.2) is 58.7 Å². The molecule has 2 aliphatic heterocycles. The normalized spacial score (nSPS) is 26.1. The van der Waals surface area contributed by atoms with Crippen molar-refractivity contribution in [1.29, 1.82) is 0 Å². The van der Waals surface area contributed by atoms with Crippen LogP contribution in [0.5, 0.6) is 0 Å². The lowest BCUT2D eigenvalue weighted by molar-refractivity contribution is 0.0322. The zero-order valence-electron chi connectivity index (χ0n) is 10.8. The first-order chi connectivity index (χ1) is 9.66. The molecule has 0 spiro atoms. The number of carboxylic acid groups (broad SMARTS) is 1. The molecule has 0 saturated carbocycles. The lowest BCUT2D eigenvalue weighted by atomic mass is 10.1. The molecule has 0 radical (unpaired) electrons. The van der Waals surface area contributed by atoms with Crippen LogP contribution in [0.3, 0.4) is 0 Å². The van der Waals surface area contributed by atoms with E-state index in [1.54, 1.807) is 6.07 Å². The monoisotopic (exact) mass is 313 g/mol. The summed E-state index contributed by atoms with van der Waals surface area (Å²) in [4.78, 5) is 26.1. The van der Waals surface area contributed by atoms with Crippen LogP contribution in [-0.2, 0) is 4.74 Å². The van der Waals surface area contributed by atoms with Gasteiger partial charge in [-0.2, -0.15) is 11.8 Å². The van der Waals surface area contributed by atoms with E-state index < -0.39 is 5.97 Å². The van der Waals surface area contributed by atoms with Crippen molar-refractivity contribution in [2.45, 2.75) is 17.7 Å². The van der Waals surface area contributed by atoms with E-state index in [0.29, 0.717) is 23.3 Å². The molecule has 2 fully saturated rings. The summed E-state index contributed by atoms with van der Waals surface area (Å²) in [7, 11) is 0. The highest BCUT2D eigenvalue weighted by atomic mass is 32.2. The van der Waals surface area contributed by atoms with E-state index in [4.69, 9.17) is 9.84 Å². The Morgan fingerprint density at radius 2 is 2.15 bits per heavy atom. The number of carbonyl (C=O) groups is 2. The van der Waals surface area contributed by atoms with Crippen LogP contribution < -0.4 is 0 Å². The van der Waals surface area contributed by atoms with E-state index in [1.165, 1.54) is 6.07 Å². The Kier molecular flexibility index (Phi) is 4.00. The summed E-state index contributed by atoms with van der Waals surface area (Å²) >= 11 is 2.92. The third-order valence-electron chi connectivity index (χ3n) is 3.62. The Morgan fingerprint density at radius 3 is 2.90 bits per heavy atom. The number of hydrogen-bond acceptors (Lipinski definition) is 5. The molecule has 2 atom stereocenters. The first-order valence-corrected chi connectivity index (χ1v) is 8.37. The zero-order valence-corrected chi connectivity index (χ0v) is 12.4. The summed E-state index contributed by atoms with van der Waals surface area (Å²) in [6, 6.07) is 3.33.